The van der Waals surface area contributed by atoms with Gasteiger partial charge < -0.3 is 57.8 Å². The lowest BCUT2D eigenvalue weighted by atomic mass is 10.1. The number of alkyl halides is 8. The minimum Gasteiger partial charge on any atom is -0.477 e. The van der Waals surface area contributed by atoms with Crippen molar-refractivity contribution in [2.75, 3.05) is 22.1 Å². The Balaban J connectivity index is 0.000000215. The average molecular weight is 1380 g/mol. The highest BCUT2D eigenvalue weighted by Gasteiger charge is 2.58. The number of nitrogens with zero attached hydrogens (tertiary/aromatic N) is 14. The van der Waals surface area contributed by atoms with Crippen LogP contribution < -0.4 is 45.0 Å². The molecule has 15 N–H and O–H groups in total. The van der Waals surface area contributed by atoms with Gasteiger partial charge in [0.15, 0.2) is 0 Å². The van der Waals surface area contributed by atoms with Gasteiger partial charge in [0, 0.05) is 41.9 Å². The Morgan fingerprint density at radius 3 is 0.919 bits per heavy atom. The molecule has 0 aliphatic rings. The van der Waals surface area contributed by atoms with Crippen LogP contribution in [-0.2, 0) is 45.8 Å². The van der Waals surface area contributed by atoms with E-state index in [0.29, 0.717) is 27.1 Å². The molecule has 99 heavy (non-hydrogen) atoms. The van der Waals surface area contributed by atoms with Crippen LogP contribution in [0.25, 0.3) is 44.1 Å². The quantitative estimate of drug-likeness (QED) is 0.0317. The van der Waals surface area contributed by atoms with E-state index in [1.165, 1.54) is 99.0 Å². The van der Waals surface area contributed by atoms with E-state index >= 15 is 17.6 Å². The highest BCUT2D eigenvalue weighted by Crippen LogP contribution is 2.42. The van der Waals surface area contributed by atoms with Gasteiger partial charge in [-0.3, -0.25) is 53.4 Å². The molecule has 0 bridgehead atoms. The van der Waals surface area contributed by atoms with Gasteiger partial charge in [-0.2, -0.15) is 50.4 Å². The lowest BCUT2D eigenvalue weighted by Gasteiger charge is -2.28. The van der Waals surface area contributed by atoms with Crippen molar-refractivity contribution in [3.05, 3.63) is 147 Å². The van der Waals surface area contributed by atoms with E-state index in [2.05, 4.69) is 45.9 Å². The summed E-state index contributed by atoms with van der Waals surface area (Å²) in [5.74, 6) is -26.7. The molecule has 0 aliphatic carbocycles. The largest absolute Gasteiger partial charge is 0.477 e. The average Bonchev–Trinajstić information content (AvgIpc) is 1.66. The molecule has 11 rings (SSSR count). The third kappa shape index (κ3) is 14.5. The smallest absolute Gasteiger partial charge is 0.354 e. The van der Waals surface area contributed by atoms with E-state index in [9.17, 15) is 51.1 Å². The Hall–Kier alpha value is -12.3. The number of benzene rings is 4. The Morgan fingerprint density at radius 1 is 0.404 bits per heavy atom. The van der Waals surface area contributed by atoms with E-state index in [1.54, 1.807) is 40.7 Å². The number of nitrogens with two attached hydrogens (primary N) is 6. The molecule has 0 saturated heterocycles. The van der Waals surface area contributed by atoms with Gasteiger partial charge in [-0.05, 0) is 133 Å². The fourth-order valence-electron chi connectivity index (χ4n) is 10.5. The van der Waals surface area contributed by atoms with Gasteiger partial charge in [0.25, 0.3) is 11.8 Å². The first-order valence-electron chi connectivity index (χ1n) is 29.6. The van der Waals surface area contributed by atoms with Crippen molar-refractivity contribution in [2.24, 2.45) is 22.9 Å². The fourth-order valence-corrected chi connectivity index (χ4v) is 10.5. The van der Waals surface area contributed by atoms with E-state index in [0.717, 1.165) is 14.8 Å². The zero-order valence-corrected chi connectivity index (χ0v) is 53.2. The summed E-state index contributed by atoms with van der Waals surface area (Å²) in [6.45, 7) is 5.13. The zero-order valence-electron chi connectivity index (χ0n) is 53.2. The molecule has 4 aromatic carbocycles. The second-order valence-corrected chi connectivity index (χ2v) is 22.4. The van der Waals surface area contributed by atoms with Crippen LogP contribution in [0.1, 0.15) is 111 Å². The van der Waals surface area contributed by atoms with Crippen molar-refractivity contribution >= 4 is 109 Å². The zero-order chi connectivity index (χ0) is 72.7. The Bertz CT molecular complexity index is 4760. The predicted molar refractivity (Wildman–Crippen MR) is 342 cm³/mol. The number of rotatable bonds is 22. The van der Waals surface area contributed by atoms with Crippen molar-refractivity contribution in [3.63, 3.8) is 0 Å². The number of carboxylic acids is 1. The third-order valence-corrected chi connectivity index (χ3v) is 15.4. The molecule has 0 unspecified atom stereocenters. The highest BCUT2D eigenvalue weighted by molar-refractivity contribution is 6.05. The number of carbonyl (C=O) groups is 7. The number of amides is 6. The number of fused-ring (bicyclic) bond motifs is 4. The maximum absolute atomic E-state index is 16.2. The summed E-state index contributed by atoms with van der Waals surface area (Å²) in [6.07, 6.45) is 0. The molecular formula is C61H62F8N22O8. The molecule has 0 atom stereocenters. The second-order valence-electron chi connectivity index (χ2n) is 22.4. The molecule has 11 aromatic rings. The maximum atomic E-state index is 16.2. The van der Waals surface area contributed by atoms with Gasteiger partial charge >= 0.3 is 29.7 Å². The van der Waals surface area contributed by atoms with Crippen LogP contribution in [0, 0.1) is 20.8 Å². The van der Waals surface area contributed by atoms with Crippen LogP contribution in [0.3, 0.4) is 0 Å². The Labute approximate surface area is 552 Å². The summed E-state index contributed by atoms with van der Waals surface area (Å²) in [4.78, 5) is 99.7. The molecule has 6 amide bonds. The summed E-state index contributed by atoms with van der Waals surface area (Å²) in [6, 6.07) is 19.1. The highest BCUT2D eigenvalue weighted by atomic mass is 19.3. The van der Waals surface area contributed by atoms with Crippen LogP contribution in [0.4, 0.5) is 58.9 Å². The number of nitrogen functional groups attached to an aromatic ring is 2. The molecule has 38 heteroatoms. The summed E-state index contributed by atoms with van der Waals surface area (Å²) < 4.78 is 131. The number of hydrogen-bond acceptors (Lipinski definition) is 16. The number of anilines is 4. The number of imidazole rings is 4. The minimum atomic E-state index is -4.87. The summed E-state index contributed by atoms with van der Waals surface area (Å²) >= 11 is 0. The molecule has 0 spiro atoms. The molecule has 520 valence electrons. The third-order valence-electron chi connectivity index (χ3n) is 15.4. The molecule has 7 heterocycles. The molecule has 0 saturated carbocycles. The van der Waals surface area contributed by atoms with Gasteiger partial charge in [-0.1, -0.05) is 0 Å². The number of halogens is 8. The van der Waals surface area contributed by atoms with Gasteiger partial charge in [-0.15, -0.1) is 0 Å². The van der Waals surface area contributed by atoms with Crippen molar-refractivity contribution in [2.45, 2.75) is 111 Å². The first-order chi connectivity index (χ1) is 46.4. The SMILES string of the molecule is CCn1nc(C)cc1C(=O)Nc1nc2cc(C(N)=O)ccc2n1CC(F)(F)C(F)(F)Cn1c(NC(=O)c2cc(C)nn2CC)nc2cc(C(N)=O)ccc21.CCn1nc(C)cc1C(=O)O.NC(=O)c1ccc2c(c1)nc(N)n2CC(F)(F)C(F)(F)Cn1c(N)nc2cc(C(N)=O)ccc21. The molecule has 7 aromatic heterocycles. The van der Waals surface area contributed by atoms with Crippen LogP contribution in [-0.4, -0.2) is 138 Å². The number of aromatic nitrogens is 14. The number of carbonyl (C=O) groups excluding carboxylic acids is 6. The van der Waals surface area contributed by atoms with Crippen molar-refractivity contribution < 1.29 is 73.8 Å². The number of carboxylic acid groups (broad SMARTS) is 1. The maximum Gasteiger partial charge on any atom is 0.354 e. The van der Waals surface area contributed by atoms with Gasteiger partial charge in [-0.25, -0.2) is 24.7 Å². The van der Waals surface area contributed by atoms with Crippen LogP contribution in [0.5, 0.6) is 0 Å². The summed E-state index contributed by atoms with van der Waals surface area (Å²) in [7, 11) is 0. The Kier molecular flexibility index (Phi) is 19.4. The predicted octanol–water partition coefficient (Wildman–Crippen LogP) is 6.74. The number of aryl methyl sites for hydroxylation is 6. The normalized spacial score (nSPS) is 12.0. The van der Waals surface area contributed by atoms with Gasteiger partial charge in [0.1, 0.15) is 17.1 Å². The Morgan fingerprint density at radius 2 is 0.657 bits per heavy atom. The van der Waals surface area contributed by atoms with Crippen LogP contribution >= 0.6 is 0 Å². The first kappa shape index (κ1) is 71.0. The van der Waals surface area contributed by atoms with Crippen molar-refractivity contribution in [1.82, 2.24) is 67.5 Å². The van der Waals surface area contributed by atoms with Crippen molar-refractivity contribution in [3.8, 4) is 0 Å². The van der Waals surface area contributed by atoms with E-state index in [4.69, 9.17) is 39.5 Å². The topological polar surface area (TPSA) is 445 Å². The lowest BCUT2D eigenvalue weighted by molar-refractivity contribution is -0.220. The molecule has 30 nitrogen and oxygen atoms in total. The van der Waals surface area contributed by atoms with E-state index in [-0.39, 0.29) is 96.6 Å². The molecule has 0 aliphatic heterocycles. The second kappa shape index (κ2) is 27.1. The molecule has 0 radical (unpaired) electrons. The number of primary amides is 4. The number of nitrogens with one attached hydrogen (secondary N) is 2. The van der Waals surface area contributed by atoms with Crippen LogP contribution in [0.15, 0.2) is 91.0 Å². The summed E-state index contributed by atoms with van der Waals surface area (Å²) in [5, 5.41) is 25.9. The monoisotopic (exact) mass is 1380 g/mol. The molecular weight excluding hydrogens is 1320 g/mol. The lowest BCUT2D eigenvalue weighted by Crippen LogP contribution is -2.47. The van der Waals surface area contributed by atoms with E-state index in [1.807, 2.05) is 6.92 Å². The first-order valence-corrected chi connectivity index (χ1v) is 29.6. The van der Waals surface area contributed by atoms with Gasteiger partial charge in [0.2, 0.25) is 47.4 Å². The number of hydrogen-bond donors (Lipinski definition) is 9. The van der Waals surface area contributed by atoms with Gasteiger partial charge in [0.05, 0.1) is 87.4 Å². The van der Waals surface area contributed by atoms with Crippen molar-refractivity contribution in [1.29, 1.82) is 0 Å². The summed E-state index contributed by atoms with van der Waals surface area (Å²) in [5.41, 5.74) is 34.3. The van der Waals surface area contributed by atoms with E-state index < -0.39 is 115 Å². The molecule has 0 fully saturated rings. The fraction of sp³-hybridized carbons (Fsp3) is 0.279. The standard InChI is InChI=1S/C34H34F4N12O4.C20H18F4N8O2.C7H10N2O2/c1-5-49-25(11-17(3)45-49)29(53)43-31-41-21-13-19(27(39)51)7-9-23(21)47(31)15-33(35,36)34(37,38)16-48-24-10-8-20(28(40)52)14-22(24)42-32(48)44-30(54)26-12-18(4)46-50(26)6-2;21-19(22,7-31-13-3-1-9(15(25)33)5-11(13)29-17(31)27)20(23,24)8-32-14-4-2-10(16(26)34)6-12(14)30-18(32)28;1-3-9-6(7(10)11)4-5(2)8-9/h7-14H,5-6,15-16H2,1-4H3,(H2,39,51)(H2,40,52)(H,41,43,53)(H,42,44,54);1-6H,7-8H2,(H2,25,33)(H2,26,34)(H2,27,29)(H2,28,30);4H,3H2,1-2H3,(H,10,11). The van der Waals surface area contributed by atoms with Crippen LogP contribution in [0.2, 0.25) is 0 Å². The number of aromatic carboxylic acids is 1. The minimum absolute atomic E-state index is 0.0181.